The van der Waals surface area contributed by atoms with Gasteiger partial charge in [0.15, 0.2) is 0 Å². The van der Waals surface area contributed by atoms with Crippen LogP contribution in [0.5, 0.6) is 0 Å². The van der Waals surface area contributed by atoms with E-state index in [-0.39, 0.29) is 0 Å². The van der Waals surface area contributed by atoms with Crippen molar-refractivity contribution in [2.45, 2.75) is 6.42 Å². The van der Waals surface area contributed by atoms with Crippen LogP contribution in [0, 0.1) is 5.92 Å². The third kappa shape index (κ3) is 2.86. The molecule has 82 valence electrons. The molecule has 0 amide bonds. The van der Waals surface area contributed by atoms with Crippen LogP contribution in [0.15, 0.2) is 0 Å². The van der Waals surface area contributed by atoms with Crippen LogP contribution >= 0.6 is 11.9 Å². The first kappa shape index (κ1) is 10.7. The van der Waals surface area contributed by atoms with Crippen LogP contribution in [-0.2, 0) is 0 Å². The minimum atomic E-state index is 0.966. The van der Waals surface area contributed by atoms with Gasteiger partial charge in [-0.3, -0.25) is 0 Å². The van der Waals surface area contributed by atoms with Crippen molar-refractivity contribution in [3.05, 3.63) is 0 Å². The molecule has 0 atom stereocenters. The van der Waals surface area contributed by atoms with Gasteiger partial charge in [0.25, 0.3) is 0 Å². The number of nitrogens with one attached hydrogen (secondary N) is 1. The molecule has 0 spiro atoms. The zero-order valence-corrected chi connectivity index (χ0v) is 9.85. The number of hydrogen-bond donors (Lipinski definition) is 1. The van der Waals surface area contributed by atoms with Gasteiger partial charge in [-0.15, -0.1) is 0 Å². The number of piperazine rings is 1. The Morgan fingerprint density at radius 2 is 1.93 bits per heavy atom. The summed E-state index contributed by atoms with van der Waals surface area (Å²) in [5.74, 6) is 0.966. The molecule has 0 unspecified atom stereocenters. The van der Waals surface area contributed by atoms with Crippen LogP contribution in [0.3, 0.4) is 0 Å². The highest BCUT2D eigenvalue weighted by Crippen LogP contribution is 2.13. The predicted octanol–water partition coefficient (Wildman–Crippen LogP) is 0.491. The number of nitrogens with zero attached hydrogens (tertiary/aromatic N) is 2. The van der Waals surface area contributed by atoms with E-state index in [1.807, 2.05) is 11.9 Å². The molecule has 2 saturated heterocycles. The lowest BCUT2D eigenvalue weighted by atomic mass is 9.99. The Kier molecular flexibility index (Phi) is 4.10. The second-order valence-corrected chi connectivity index (χ2v) is 5.15. The van der Waals surface area contributed by atoms with Gasteiger partial charge < -0.3 is 10.2 Å². The van der Waals surface area contributed by atoms with E-state index in [9.17, 15) is 0 Å². The smallest absolute Gasteiger partial charge is 0.0218 e. The zero-order valence-electron chi connectivity index (χ0n) is 9.04. The van der Waals surface area contributed by atoms with Crippen LogP contribution in [0.4, 0.5) is 0 Å². The van der Waals surface area contributed by atoms with E-state index >= 15 is 0 Å². The molecular formula is C10H21N3S. The molecule has 14 heavy (non-hydrogen) atoms. The second kappa shape index (κ2) is 5.35. The molecule has 1 N–H and O–H groups in total. The Hall–Kier alpha value is 0.230. The lowest BCUT2D eigenvalue weighted by Crippen LogP contribution is -2.47. The van der Waals surface area contributed by atoms with Gasteiger partial charge in [-0.1, -0.05) is 11.9 Å². The molecule has 4 heteroatoms. The summed E-state index contributed by atoms with van der Waals surface area (Å²) in [4.78, 5) is 2.62. The van der Waals surface area contributed by atoms with Crippen molar-refractivity contribution in [1.29, 1.82) is 0 Å². The van der Waals surface area contributed by atoms with E-state index in [1.54, 1.807) is 0 Å². The number of rotatable bonds is 4. The normalized spacial score (nSPS) is 26.4. The van der Waals surface area contributed by atoms with Gasteiger partial charge in [0.2, 0.25) is 0 Å². The van der Waals surface area contributed by atoms with E-state index in [2.05, 4.69) is 20.8 Å². The Balaban J connectivity index is 1.58. The molecule has 3 nitrogen and oxygen atoms in total. The molecule has 0 bridgehead atoms. The van der Waals surface area contributed by atoms with Gasteiger partial charge in [-0.25, -0.2) is 4.31 Å². The highest BCUT2D eigenvalue weighted by Gasteiger charge is 2.20. The molecule has 0 aromatic carbocycles. The number of hydrogen-bond acceptors (Lipinski definition) is 4. The van der Waals surface area contributed by atoms with Crippen LogP contribution < -0.4 is 5.32 Å². The summed E-state index contributed by atoms with van der Waals surface area (Å²) in [5.41, 5.74) is 0. The first-order chi connectivity index (χ1) is 6.88. The van der Waals surface area contributed by atoms with Gasteiger partial charge >= 0.3 is 0 Å². The predicted molar refractivity (Wildman–Crippen MR) is 62.5 cm³/mol. The van der Waals surface area contributed by atoms with Crippen LogP contribution in [0.2, 0.25) is 0 Å². The monoisotopic (exact) mass is 215 g/mol. The van der Waals surface area contributed by atoms with Gasteiger partial charge in [-0.2, -0.15) is 0 Å². The fourth-order valence-corrected chi connectivity index (χ4v) is 2.58. The average molecular weight is 215 g/mol. The maximum atomic E-state index is 3.34. The minimum absolute atomic E-state index is 0.966. The van der Waals surface area contributed by atoms with Gasteiger partial charge in [0, 0.05) is 26.2 Å². The summed E-state index contributed by atoms with van der Waals surface area (Å²) in [6.07, 6.45) is 3.57. The minimum Gasteiger partial charge on any atom is -0.316 e. The summed E-state index contributed by atoms with van der Waals surface area (Å²) >= 11 is 1.88. The Bertz CT molecular complexity index is 165. The van der Waals surface area contributed by atoms with E-state index in [0.717, 1.165) is 5.92 Å². The fraction of sp³-hybridized carbons (Fsp3) is 1.00. The summed E-state index contributed by atoms with van der Waals surface area (Å²) < 4.78 is 2.46. The Labute approximate surface area is 91.3 Å². The molecule has 0 aromatic rings. The van der Waals surface area contributed by atoms with Crippen LogP contribution in [0.25, 0.3) is 0 Å². The Morgan fingerprint density at radius 1 is 1.21 bits per heavy atom. The molecule has 2 aliphatic heterocycles. The van der Waals surface area contributed by atoms with Crippen molar-refractivity contribution in [3.63, 3.8) is 0 Å². The summed E-state index contributed by atoms with van der Waals surface area (Å²) in [5, 5.41) is 3.34. The van der Waals surface area contributed by atoms with Gasteiger partial charge in [0.1, 0.15) is 0 Å². The van der Waals surface area contributed by atoms with Crippen LogP contribution in [0.1, 0.15) is 6.42 Å². The molecule has 2 fully saturated rings. The molecule has 2 aliphatic rings. The topological polar surface area (TPSA) is 18.5 Å². The van der Waals surface area contributed by atoms with Crippen molar-refractivity contribution in [3.8, 4) is 0 Å². The van der Waals surface area contributed by atoms with Gasteiger partial charge in [-0.05, 0) is 38.2 Å². The SMILES string of the molecule is CSN1CCN(CCC2CNC2)CC1. The molecule has 2 heterocycles. The fourth-order valence-electron chi connectivity index (χ4n) is 2.05. The summed E-state index contributed by atoms with van der Waals surface area (Å²) in [6.45, 7) is 8.83. The summed E-state index contributed by atoms with van der Waals surface area (Å²) in [6, 6.07) is 0. The first-order valence-electron chi connectivity index (χ1n) is 5.60. The largest absolute Gasteiger partial charge is 0.316 e. The molecule has 2 rings (SSSR count). The quantitative estimate of drug-likeness (QED) is 0.688. The van der Waals surface area contributed by atoms with Crippen molar-refractivity contribution in [2.24, 2.45) is 5.92 Å². The maximum absolute atomic E-state index is 3.34. The highest BCUT2D eigenvalue weighted by molar-refractivity contribution is 7.96. The van der Waals surface area contributed by atoms with E-state index in [4.69, 9.17) is 0 Å². The van der Waals surface area contributed by atoms with Crippen LogP contribution in [-0.4, -0.2) is 61.3 Å². The highest BCUT2D eigenvalue weighted by atomic mass is 32.2. The van der Waals surface area contributed by atoms with E-state index in [0.29, 0.717) is 0 Å². The molecular weight excluding hydrogens is 194 g/mol. The lowest BCUT2D eigenvalue weighted by Gasteiger charge is -2.35. The first-order valence-corrected chi connectivity index (χ1v) is 6.79. The molecule has 0 aliphatic carbocycles. The second-order valence-electron chi connectivity index (χ2n) is 4.27. The third-order valence-corrected chi connectivity index (χ3v) is 4.19. The van der Waals surface area contributed by atoms with Crippen molar-refractivity contribution in [2.75, 3.05) is 52.1 Å². The molecule has 0 aromatic heterocycles. The zero-order chi connectivity index (χ0) is 9.80. The average Bonchev–Trinajstić information content (AvgIpc) is 2.16. The third-order valence-electron chi connectivity index (χ3n) is 3.31. The Morgan fingerprint density at radius 3 is 2.43 bits per heavy atom. The lowest BCUT2D eigenvalue weighted by molar-refractivity contribution is 0.175. The van der Waals surface area contributed by atoms with Crippen molar-refractivity contribution in [1.82, 2.24) is 14.5 Å². The van der Waals surface area contributed by atoms with Crippen molar-refractivity contribution < 1.29 is 0 Å². The summed E-state index contributed by atoms with van der Waals surface area (Å²) in [7, 11) is 0. The maximum Gasteiger partial charge on any atom is 0.0218 e. The standard InChI is InChI=1S/C10H21N3S/c1-14-13-6-4-12(5-7-13)3-2-10-8-11-9-10/h10-11H,2-9H2,1H3. The molecule has 0 saturated carbocycles. The van der Waals surface area contributed by atoms with E-state index < -0.39 is 0 Å². The van der Waals surface area contributed by atoms with Gasteiger partial charge in [0.05, 0.1) is 0 Å². The molecule has 0 radical (unpaired) electrons. The van der Waals surface area contributed by atoms with E-state index in [1.165, 1.54) is 52.2 Å². The van der Waals surface area contributed by atoms with Crippen molar-refractivity contribution >= 4 is 11.9 Å².